The van der Waals surface area contributed by atoms with Crippen molar-refractivity contribution in [1.29, 1.82) is 0 Å². The summed E-state index contributed by atoms with van der Waals surface area (Å²) >= 11 is 0. The Hall–Kier alpha value is -2.16. The molecule has 4 aromatic rings. The smallest absolute Gasteiger partial charge is 0.269 e. The van der Waals surface area contributed by atoms with Crippen molar-refractivity contribution in [3.05, 3.63) is 66.7 Å². The summed E-state index contributed by atoms with van der Waals surface area (Å²) in [5.74, 6) is 0. The van der Waals surface area contributed by atoms with Gasteiger partial charge >= 0.3 is 0 Å². The predicted molar refractivity (Wildman–Crippen MR) is 101 cm³/mol. The fourth-order valence-corrected chi connectivity index (χ4v) is 4.12. The van der Waals surface area contributed by atoms with Crippen molar-refractivity contribution in [1.82, 2.24) is 0 Å². The lowest BCUT2D eigenvalue weighted by Gasteiger charge is -2.14. The summed E-state index contributed by atoms with van der Waals surface area (Å²) < 4.78 is 5.92. The van der Waals surface area contributed by atoms with E-state index in [0.29, 0.717) is 9.76 Å². The Morgan fingerprint density at radius 3 is 1.70 bits per heavy atom. The van der Waals surface area contributed by atoms with Gasteiger partial charge in [-0.05, 0) is 51.4 Å². The molecule has 0 aromatic heterocycles. The number of hydrogen-bond donors (Lipinski definition) is 0. The highest BCUT2D eigenvalue weighted by Gasteiger charge is 2.12. The van der Waals surface area contributed by atoms with Gasteiger partial charge in [0.05, 0.1) is 0 Å². The van der Waals surface area contributed by atoms with Crippen LogP contribution in [-0.2, 0) is 4.43 Å². The molecule has 2 heteroatoms. The Kier molecular flexibility index (Phi) is 3.64. The summed E-state index contributed by atoms with van der Waals surface area (Å²) in [4.78, 5) is 0. The average Bonchev–Trinajstić information content (AvgIpc) is 2.60. The van der Waals surface area contributed by atoms with Gasteiger partial charge in [0, 0.05) is 6.10 Å². The standard InChI is InChI=1S/C21H18OSi/c1-14(2)22-23-20-13-7-12-19-17-9-4-3-8-15(17)16-10-5-6-11-18(16)21(19)20/h3-14H,1-2H3. The van der Waals surface area contributed by atoms with Gasteiger partial charge in [-0.15, -0.1) is 0 Å². The lowest BCUT2D eigenvalue weighted by atomic mass is 9.94. The molecule has 0 N–H and O–H groups in total. The SMILES string of the molecule is CC(C)O[Si]c1cccc2c3ccccc3c3ccccc3c12. The molecule has 0 aliphatic rings. The van der Waals surface area contributed by atoms with Crippen LogP contribution in [0.2, 0.25) is 0 Å². The van der Waals surface area contributed by atoms with Crippen LogP contribution in [0, 0.1) is 0 Å². The number of hydrogen-bond acceptors (Lipinski definition) is 1. The molecule has 4 rings (SSSR count). The van der Waals surface area contributed by atoms with Crippen molar-refractivity contribution < 1.29 is 4.43 Å². The van der Waals surface area contributed by atoms with Crippen molar-refractivity contribution in [2.45, 2.75) is 20.0 Å². The Balaban J connectivity index is 2.15. The first kappa shape index (κ1) is 14.4. The molecule has 4 aromatic carbocycles. The van der Waals surface area contributed by atoms with Gasteiger partial charge in [0.15, 0.2) is 0 Å². The molecule has 2 radical (unpaired) electrons. The van der Waals surface area contributed by atoms with Gasteiger partial charge in [0.25, 0.3) is 9.76 Å². The maximum Gasteiger partial charge on any atom is 0.269 e. The zero-order chi connectivity index (χ0) is 15.8. The minimum Gasteiger partial charge on any atom is -0.409 e. The van der Waals surface area contributed by atoms with Crippen molar-refractivity contribution in [3.8, 4) is 0 Å². The van der Waals surface area contributed by atoms with E-state index < -0.39 is 0 Å². The summed E-state index contributed by atoms with van der Waals surface area (Å²) in [6.45, 7) is 4.18. The van der Waals surface area contributed by atoms with E-state index in [0.717, 1.165) is 0 Å². The van der Waals surface area contributed by atoms with Crippen molar-refractivity contribution in [2.24, 2.45) is 0 Å². The molecule has 0 spiro atoms. The molecule has 23 heavy (non-hydrogen) atoms. The number of fused-ring (bicyclic) bond motifs is 6. The van der Waals surface area contributed by atoms with E-state index in [2.05, 4.69) is 80.6 Å². The van der Waals surface area contributed by atoms with E-state index in [9.17, 15) is 0 Å². The van der Waals surface area contributed by atoms with E-state index >= 15 is 0 Å². The van der Waals surface area contributed by atoms with E-state index in [4.69, 9.17) is 4.43 Å². The summed E-state index contributed by atoms with van der Waals surface area (Å²) in [5, 5.41) is 9.21. The summed E-state index contributed by atoms with van der Waals surface area (Å²) in [5.41, 5.74) is 0. The fraction of sp³-hybridized carbons (Fsp3) is 0.143. The van der Waals surface area contributed by atoms with Crippen LogP contribution in [-0.4, -0.2) is 15.9 Å². The highest BCUT2D eigenvalue weighted by Crippen LogP contribution is 2.33. The second kappa shape index (κ2) is 5.80. The number of benzene rings is 4. The summed E-state index contributed by atoms with van der Waals surface area (Å²) in [6.07, 6.45) is 0.246. The van der Waals surface area contributed by atoms with Gasteiger partial charge in [-0.3, -0.25) is 0 Å². The molecule has 0 saturated carbocycles. The van der Waals surface area contributed by atoms with E-state index in [1.807, 2.05) is 0 Å². The van der Waals surface area contributed by atoms with Crippen LogP contribution >= 0.6 is 0 Å². The number of rotatable bonds is 3. The van der Waals surface area contributed by atoms with Gasteiger partial charge in [0.1, 0.15) is 0 Å². The minimum atomic E-state index is 0.246. The molecule has 0 aliphatic heterocycles. The van der Waals surface area contributed by atoms with Crippen LogP contribution in [0.5, 0.6) is 0 Å². The van der Waals surface area contributed by atoms with Crippen molar-refractivity contribution in [2.75, 3.05) is 0 Å². The van der Waals surface area contributed by atoms with Gasteiger partial charge in [0.2, 0.25) is 0 Å². The van der Waals surface area contributed by atoms with Gasteiger partial charge in [-0.1, -0.05) is 66.7 Å². The zero-order valence-corrected chi connectivity index (χ0v) is 14.3. The molecular formula is C21H18OSi. The van der Waals surface area contributed by atoms with Crippen molar-refractivity contribution in [3.63, 3.8) is 0 Å². The summed E-state index contributed by atoms with van der Waals surface area (Å²) in [7, 11) is 0.373. The van der Waals surface area contributed by atoms with Crippen LogP contribution in [0.1, 0.15) is 13.8 Å². The highest BCUT2D eigenvalue weighted by atomic mass is 28.2. The second-order valence-electron chi connectivity index (χ2n) is 6.09. The maximum atomic E-state index is 5.92. The fourth-order valence-electron chi connectivity index (χ4n) is 3.22. The topological polar surface area (TPSA) is 9.23 Å². The van der Waals surface area contributed by atoms with E-state index in [1.54, 1.807) is 0 Å². The highest BCUT2D eigenvalue weighted by molar-refractivity contribution is 6.54. The molecule has 0 bridgehead atoms. The largest absolute Gasteiger partial charge is 0.409 e. The van der Waals surface area contributed by atoms with Crippen LogP contribution in [0.3, 0.4) is 0 Å². The molecule has 112 valence electrons. The molecule has 0 amide bonds. The normalized spacial score (nSPS) is 11.8. The third kappa shape index (κ3) is 2.44. The Morgan fingerprint density at radius 1 is 0.652 bits per heavy atom. The molecule has 0 unspecified atom stereocenters. The Morgan fingerprint density at radius 2 is 1.13 bits per heavy atom. The van der Waals surface area contributed by atoms with Crippen LogP contribution in [0.25, 0.3) is 32.3 Å². The van der Waals surface area contributed by atoms with Crippen LogP contribution < -0.4 is 5.19 Å². The van der Waals surface area contributed by atoms with Crippen molar-refractivity contribution >= 4 is 47.3 Å². The minimum absolute atomic E-state index is 0.246. The van der Waals surface area contributed by atoms with Crippen LogP contribution in [0.15, 0.2) is 66.7 Å². The first-order chi connectivity index (χ1) is 11.3. The van der Waals surface area contributed by atoms with Gasteiger partial charge in [-0.2, -0.15) is 0 Å². The molecule has 0 aliphatic carbocycles. The third-order valence-corrected chi connectivity index (χ3v) is 5.40. The maximum absolute atomic E-state index is 5.92. The summed E-state index contributed by atoms with van der Waals surface area (Å²) in [6, 6.07) is 24.0. The predicted octanol–water partition coefficient (Wildman–Crippen LogP) is 4.82. The molecule has 0 saturated heterocycles. The average molecular weight is 314 g/mol. The zero-order valence-electron chi connectivity index (χ0n) is 13.3. The van der Waals surface area contributed by atoms with Gasteiger partial charge < -0.3 is 4.43 Å². The molecular weight excluding hydrogens is 296 g/mol. The molecule has 0 heterocycles. The van der Waals surface area contributed by atoms with E-state index in [1.165, 1.54) is 37.5 Å². The lowest BCUT2D eigenvalue weighted by molar-refractivity contribution is 0.260. The molecule has 0 atom stereocenters. The third-order valence-electron chi connectivity index (χ3n) is 4.17. The quantitative estimate of drug-likeness (QED) is 0.389. The second-order valence-corrected chi connectivity index (χ2v) is 7.07. The first-order valence-corrected chi connectivity index (χ1v) is 8.90. The van der Waals surface area contributed by atoms with Crippen LogP contribution in [0.4, 0.5) is 0 Å². The first-order valence-electron chi connectivity index (χ1n) is 7.99. The van der Waals surface area contributed by atoms with Gasteiger partial charge in [-0.25, -0.2) is 0 Å². The monoisotopic (exact) mass is 314 g/mol. The Bertz CT molecular complexity index is 959. The Labute approximate surface area is 138 Å². The molecule has 0 fully saturated rings. The molecule has 1 nitrogen and oxygen atoms in total. The van der Waals surface area contributed by atoms with E-state index in [-0.39, 0.29) is 6.10 Å². The lowest BCUT2D eigenvalue weighted by Crippen LogP contribution is -2.21.